The van der Waals surface area contributed by atoms with Gasteiger partial charge in [0.2, 0.25) is 0 Å². The predicted octanol–water partition coefficient (Wildman–Crippen LogP) is 6.79. The molecule has 0 saturated carbocycles. The van der Waals surface area contributed by atoms with E-state index in [0.29, 0.717) is 10.1 Å². The van der Waals surface area contributed by atoms with Gasteiger partial charge in [-0.1, -0.05) is 82.0 Å². The maximum absolute atomic E-state index is 10.8. The van der Waals surface area contributed by atoms with Gasteiger partial charge in [0.15, 0.2) is 0 Å². The maximum Gasteiger partial charge on any atom is 0.304 e. The number of rotatable bonds is 9. The van der Waals surface area contributed by atoms with Crippen LogP contribution in [0.4, 0.5) is 5.69 Å². The van der Waals surface area contributed by atoms with Crippen LogP contribution in [0.2, 0.25) is 0 Å². The second kappa shape index (κ2) is 11.4. The molecule has 2 N–H and O–H groups in total. The van der Waals surface area contributed by atoms with Crippen LogP contribution in [0, 0.1) is 0 Å². The molecule has 0 spiro atoms. The molecule has 0 bridgehead atoms. The fourth-order valence-electron chi connectivity index (χ4n) is 3.46. The number of carbonyl (C=O) groups is 1. The second-order valence-corrected chi connectivity index (χ2v) is 11.8. The van der Waals surface area contributed by atoms with Crippen LogP contribution in [-0.4, -0.2) is 36.5 Å². The Labute approximate surface area is 209 Å². The molecule has 176 valence electrons. The molecule has 0 unspecified atom stereocenters. The van der Waals surface area contributed by atoms with Gasteiger partial charge in [-0.05, 0) is 29.9 Å². The molecule has 5 nitrogen and oxygen atoms in total. The number of hydrogen-bond acceptors (Lipinski definition) is 5. The van der Waals surface area contributed by atoms with Gasteiger partial charge in [-0.15, -0.1) is 11.8 Å². The zero-order valence-corrected chi connectivity index (χ0v) is 22.0. The molecule has 8 heteroatoms. The van der Waals surface area contributed by atoms with Gasteiger partial charge in [-0.2, -0.15) is 0 Å². The van der Waals surface area contributed by atoms with Gasteiger partial charge in [0, 0.05) is 22.6 Å². The smallest absolute Gasteiger partial charge is 0.304 e. The lowest BCUT2D eigenvalue weighted by molar-refractivity contribution is -0.136. The first kappa shape index (κ1) is 25.6. The average molecular weight is 502 g/mol. The molecule has 0 saturated heterocycles. The lowest BCUT2D eigenvalue weighted by Gasteiger charge is -2.20. The number of benzene rings is 2. The third kappa shape index (κ3) is 6.98. The fourth-order valence-corrected chi connectivity index (χ4v) is 5.35. The van der Waals surface area contributed by atoms with Crippen LogP contribution in [0.5, 0.6) is 0 Å². The number of thiocarbonyl (C=S) groups is 1. The van der Waals surface area contributed by atoms with Crippen LogP contribution in [0.15, 0.2) is 47.4 Å². The van der Waals surface area contributed by atoms with Gasteiger partial charge in [-0.3, -0.25) is 4.79 Å². The van der Waals surface area contributed by atoms with Crippen molar-refractivity contribution in [3.63, 3.8) is 0 Å². The molecule has 0 aliphatic carbocycles. The maximum atomic E-state index is 10.8. The van der Waals surface area contributed by atoms with E-state index in [2.05, 4.69) is 74.0 Å². The summed E-state index contributed by atoms with van der Waals surface area (Å²) in [6.45, 7) is 9.47. The number of carboxylic acids is 1. The topological polar surface area (TPSA) is 67.2 Å². The summed E-state index contributed by atoms with van der Waals surface area (Å²) in [6.07, 6.45) is 1.15. The van der Waals surface area contributed by atoms with Crippen molar-refractivity contribution >= 4 is 62.8 Å². The number of fused-ring (bicyclic) bond motifs is 1. The first-order valence-electron chi connectivity index (χ1n) is 11.1. The highest BCUT2D eigenvalue weighted by atomic mass is 32.2. The SMILES string of the molecule is CCCSc1cc2nc(C(C)(C)C)n(Cc3ccccc3)c2cc1NC(=S)SCCC(=O)O. The van der Waals surface area contributed by atoms with Crippen molar-refractivity contribution in [2.24, 2.45) is 0 Å². The molecule has 3 rings (SSSR count). The number of carboxylic acid groups (broad SMARTS) is 1. The Morgan fingerprint density at radius 3 is 2.55 bits per heavy atom. The normalized spacial score (nSPS) is 11.6. The van der Waals surface area contributed by atoms with E-state index in [4.69, 9.17) is 22.3 Å². The second-order valence-electron chi connectivity index (χ2n) is 8.85. The number of nitrogens with one attached hydrogen (secondary N) is 1. The quantitative estimate of drug-likeness (QED) is 0.247. The number of thioether (sulfide) groups is 2. The van der Waals surface area contributed by atoms with Gasteiger partial charge < -0.3 is 15.0 Å². The van der Waals surface area contributed by atoms with Gasteiger partial charge >= 0.3 is 5.97 Å². The number of imidazole rings is 1. The Morgan fingerprint density at radius 1 is 1.18 bits per heavy atom. The van der Waals surface area contributed by atoms with Crippen molar-refractivity contribution in [2.75, 3.05) is 16.8 Å². The lowest BCUT2D eigenvalue weighted by Crippen LogP contribution is -2.19. The van der Waals surface area contributed by atoms with Crippen LogP contribution in [0.25, 0.3) is 11.0 Å². The minimum atomic E-state index is -0.814. The highest BCUT2D eigenvalue weighted by Gasteiger charge is 2.24. The third-order valence-electron chi connectivity index (χ3n) is 4.95. The van der Waals surface area contributed by atoms with E-state index in [1.807, 2.05) is 6.07 Å². The molecular formula is C25H31N3O2S3. The molecular weight excluding hydrogens is 470 g/mol. The van der Waals surface area contributed by atoms with Crippen molar-refractivity contribution in [1.82, 2.24) is 9.55 Å². The van der Waals surface area contributed by atoms with Crippen molar-refractivity contribution < 1.29 is 9.90 Å². The molecule has 2 aromatic carbocycles. The average Bonchev–Trinajstić information content (AvgIpc) is 3.10. The zero-order valence-electron chi connectivity index (χ0n) is 19.6. The fraction of sp³-hybridized carbons (Fsp3) is 0.400. The van der Waals surface area contributed by atoms with Gasteiger partial charge in [0.25, 0.3) is 0 Å². The first-order valence-corrected chi connectivity index (χ1v) is 13.4. The van der Waals surface area contributed by atoms with Crippen LogP contribution in [0.1, 0.15) is 51.9 Å². The monoisotopic (exact) mass is 501 g/mol. The number of aliphatic carboxylic acids is 1. The Hall–Kier alpha value is -2.03. The summed E-state index contributed by atoms with van der Waals surface area (Å²) >= 11 is 8.66. The van der Waals surface area contributed by atoms with Crippen LogP contribution in [-0.2, 0) is 16.8 Å². The van der Waals surface area contributed by atoms with Crippen molar-refractivity contribution in [2.45, 2.75) is 57.4 Å². The summed E-state index contributed by atoms with van der Waals surface area (Å²) in [7, 11) is 0. The summed E-state index contributed by atoms with van der Waals surface area (Å²) in [5, 5.41) is 12.3. The Morgan fingerprint density at radius 2 is 1.91 bits per heavy atom. The largest absolute Gasteiger partial charge is 0.481 e. The molecule has 33 heavy (non-hydrogen) atoms. The molecule has 0 aliphatic heterocycles. The van der Waals surface area contributed by atoms with E-state index in [-0.39, 0.29) is 11.8 Å². The molecule has 0 fully saturated rings. The van der Waals surface area contributed by atoms with E-state index >= 15 is 0 Å². The third-order valence-corrected chi connectivity index (χ3v) is 7.44. The van der Waals surface area contributed by atoms with E-state index in [0.717, 1.165) is 46.2 Å². The van der Waals surface area contributed by atoms with Crippen LogP contribution in [0.3, 0.4) is 0 Å². The van der Waals surface area contributed by atoms with E-state index in [1.54, 1.807) is 11.8 Å². The Bertz CT molecular complexity index is 1120. The summed E-state index contributed by atoms with van der Waals surface area (Å²) in [5.41, 5.74) is 4.10. The molecule has 3 aromatic rings. The molecule has 0 radical (unpaired) electrons. The minimum absolute atomic E-state index is 0.0851. The number of anilines is 1. The highest BCUT2D eigenvalue weighted by Crippen LogP contribution is 2.36. The van der Waals surface area contributed by atoms with Crippen LogP contribution >= 0.6 is 35.7 Å². The molecule has 1 aromatic heterocycles. The van der Waals surface area contributed by atoms with E-state index in [9.17, 15) is 4.79 Å². The molecule has 0 atom stereocenters. The first-order chi connectivity index (χ1) is 15.7. The predicted molar refractivity (Wildman–Crippen MR) is 146 cm³/mol. The number of nitrogens with zero attached hydrogens (tertiary/aromatic N) is 2. The Balaban J connectivity index is 2.03. The molecule has 0 amide bonds. The van der Waals surface area contributed by atoms with Gasteiger partial charge in [0.05, 0.1) is 23.1 Å². The lowest BCUT2D eigenvalue weighted by atomic mass is 9.95. The summed E-state index contributed by atoms with van der Waals surface area (Å²) < 4.78 is 2.88. The molecule has 0 aliphatic rings. The summed E-state index contributed by atoms with van der Waals surface area (Å²) in [4.78, 5) is 17.0. The number of hydrogen-bond donors (Lipinski definition) is 2. The van der Waals surface area contributed by atoms with E-state index in [1.165, 1.54) is 17.3 Å². The Kier molecular flexibility index (Phi) is 8.84. The van der Waals surface area contributed by atoms with Gasteiger partial charge in [0.1, 0.15) is 10.1 Å². The van der Waals surface area contributed by atoms with Crippen molar-refractivity contribution in [1.29, 1.82) is 0 Å². The highest BCUT2D eigenvalue weighted by molar-refractivity contribution is 8.23. The van der Waals surface area contributed by atoms with Crippen LogP contribution < -0.4 is 5.32 Å². The van der Waals surface area contributed by atoms with Crippen molar-refractivity contribution in [3.05, 3.63) is 53.9 Å². The minimum Gasteiger partial charge on any atom is -0.481 e. The zero-order chi connectivity index (χ0) is 24.0. The molecule has 1 heterocycles. The summed E-state index contributed by atoms with van der Waals surface area (Å²) in [6, 6.07) is 14.7. The van der Waals surface area contributed by atoms with Crippen molar-refractivity contribution in [3.8, 4) is 0 Å². The van der Waals surface area contributed by atoms with Gasteiger partial charge in [-0.25, -0.2) is 4.98 Å². The standard InChI is InChI=1S/C25H31N3O2S3/c1-5-12-32-21-15-18-20(14-19(21)27-24(31)33-13-11-22(29)30)28(23(26-18)25(2,3)4)16-17-9-7-6-8-10-17/h6-10,14-15H,5,11-13,16H2,1-4H3,(H,27,31)(H,29,30). The number of aromatic nitrogens is 2. The summed E-state index contributed by atoms with van der Waals surface area (Å²) in [5.74, 6) is 1.67. The van der Waals surface area contributed by atoms with E-state index < -0.39 is 5.97 Å².